The van der Waals surface area contributed by atoms with E-state index in [0.717, 1.165) is 28.1 Å². The molecule has 12 rings (SSSR count). The topological polar surface area (TPSA) is 12.9 Å². The van der Waals surface area contributed by atoms with Gasteiger partial charge in [0.15, 0.2) is 0 Å². The maximum Gasteiger partial charge on any atom is 0.0716 e. The number of thiophene rings is 1. The van der Waals surface area contributed by atoms with Gasteiger partial charge in [-0.1, -0.05) is 166 Å². The summed E-state index contributed by atoms with van der Waals surface area (Å²) in [5.41, 5.74) is 14.3. The summed E-state index contributed by atoms with van der Waals surface area (Å²) in [6.07, 6.45) is 0. The first-order valence-electron chi connectivity index (χ1n) is 20.1. The monoisotopic (exact) mass is 755 g/mol. The zero-order valence-corrected chi connectivity index (χ0v) is 33.1. The van der Waals surface area contributed by atoms with Gasteiger partial charge in [0.05, 0.1) is 11.4 Å². The number of hydrogen-bond acceptors (Lipinski definition) is 2. The van der Waals surface area contributed by atoms with Gasteiger partial charge in [-0.2, -0.15) is 0 Å². The molecule has 2 heteroatoms. The predicted octanol–water partition coefficient (Wildman–Crippen LogP) is 15.9. The van der Waals surface area contributed by atoms with Crippen molar-refractivity contribution in [2.45, 2.75) is 19.3 Å². The molecule has 0 N–H and O–H groups in total. The lowest BCUT2D eigenvalue weighted by molar-refractivity contribution is 0.660. The van der Waals surface area contributed by atoms with Crippen molar-refractivity contribution in [1.82, 2.24) is 4.98 Å². The number of benzene rings is 9. The van der Waals surface area contributed by atoms with Gasteiger partial charge in [0.1, 0.15) is 0 Å². The van der Waals surface area contributed by atoms with Crippen LogP contribution in [0.5, 0.6) is 0 Å². The van der Waals surface area contributed by atoms with Crippen LogP contribution in [0.1, 0.15) is 25.0 Å². The van der Waals surface area contributed by atoms with E-state index >= 15 is 0 Å². The fourth-order valence-electron chi connectivity index (χ4n) is 9.69. The second kappa shape index (κ2) is 12.6. The van der Waals surface area contributed by atoms with Gasteiger partial charge in [0.25, 0.3) is 0 Å². The largest absolute Gasteiger partial charge is 0.248 e. The van der Waals surface area contributed by atoms with Crippen molar-refractivity contribution in [2.24, 2.45) is 0 Å². The molecule has 0 amide bonds. The van der Waals surface area contributed by atoms with Gasteiger partial charge < -0.3 is 0 Å². The van der Waals surface area contributed by atoms with Crippen molar-refractivity contribution in [3.63, 3.8) is 0 Å². The van der Waals surface area contributed by atoms with Crippen LogP contribution < -0.4 is 0 Å². The average molecular weight is 756 g/mol. The standard InChI is InChI=1S/C56H37NS/c1-56(2)50-19-11-10-18-44(50)48-28-37(25-27-51(48)56)52-29-39(36-22-20-35(21-23-36)34-12-4-3-5-13-34)30-53(57-52)38-24-26-45-49-32-46-42-16-8-6-14-40(42)41-15-7-9-17-43(41)47(46)33-55(49)58-54(45)31-38/h3-33H,1-2H3. The highest BCUT2D eigenvalue weighted by Gasteiger charge is 2.35. The highest BCUT2D eigenvalue weighted by molar-refractivity contribution is 7.26. The summed E-state index contributed by atoms with van der Waals surface area (Å²) in [4.78, 5) is 5.46. The molecule has 0 radical (unpaired) electrons. The van der Waals surface area contributed by atoms with Crippen molar-refractivity contribution in [1.29, 1.82) is 0 Å². The third-order valence-corrected chi connectivity index (χ3v) is 13.8. The van der Waals surface area contributed by atoms with Crippen LogP contribution in [-0.4, -0.2) is 4.98 Å². The molecule has 272 valence electrons. The minimum absolute atomic E-state index is 0.0445. The third kappa shape index (κ3) is 5.05. The Bertz CT molecular complexity index is 3460. The fraction of sp³-hybridized carbons (Fsp3) is 0.0536. The SMILES string of the molecule is CC1(C)c2ccccc2-c2cc(-c3cc(-c4ccc(-c5ccccc5)cc4)cc(-c4ccc5c(c4)sc4cc6c7ccccc7c7ccccc7c6cc45)n3)ccc21. The second-order valence-electron chi connectivity index (χ2n) is 16.3. The summed E-state index contributed by atoms with van der Waals surface area (Å²) in [7, 11) is 0. The fourth-order valence-corrected chi connectivity index (χ4v) is 10.9. The number of rotatable bonds is 4. The highest BCUT2D eigenvalue weighted by Crippen LogP contribution is 2.50. The predicted molar refractivity (Wildman–Crippen MR) is 249 cm³/mol. The van der Waals surface area contributed by atoms with Gasteiger partial charge >= 0.3 is 0 Å². The van der Waals surface area contributed by atoms with Crippen molar-refractivity contribution in [3.05, 3.63) is 199 Å². The Kier molecular flexibility index (Phi) is 7.21. The van der Waals surface area contributed by atoms with Crippen LogP contribution in [-0.2, 0) is 5.41 Å². The molecular weight excluding hydrogens is 719 g/mol. The smallest absolute Gasteiger partial charge is 0.0716 e. The molecule has 0 atom stereocenters. The molecule has 58 heavy (non-hydrogen) atoms. The number of pyridine rings is 1. The van der Waals surface area contributed by atoms with Gasteiger partial charge in [0.2, 0.25) is 0 Å². The van der Waals surface area contributed by atoms with Gasteiger partial charge in [-0.05, 0) is 113 Å². The van der Waals surface area contributed by atoms with Crippen LogP contribution in [0.4, 0.5) is 0 Å². The van der Waals surface area contributed by atoms with E-state index in [9.17, 15) is 0 Å². The molecule has 0 saturated heterocycles. The molecule has 0 bridgehead atoms. The number of nitrogens with zero attached hydrogens (tertiary/aromatic N) is 1. The summed E-state index contributed by atoms with van der Waals surface area (Å²) in [6, 6.07) is 69.4. The molecule has 0 spiro atoms. The zero-order valence-electron chi connectivity index (χ0n) is 32.3. The molecular formula is C56H37NS. The maximum atomic E-state index is 5.46. The molecule has 0 fully saturated rings. The summed E-state index contributed by atoms with van der Waals surface area (Å²) < 4.78 is 2.58. The van der Waals surface area contributed by atoms with E-state index in [-0.39, 0.29) is 5.41 Å². The molecule has 2 aromatic heterocycles. The van der Waals surface area contributed by atoms with Crippen LogP contribution in [0.15, 0.2) is 188 Å². The van der Waals surface area contributed by atoms with E-state index in [4.69, 9.17) is 4.98 Å². The van der Waals surface area contributed by atoms with Crippen LogP contribution in [0, 0.1) is 0 Å². The van der Waals surface area contributed by atoms with Gasteiger partial charge in [-0.3, -0.25) is 0 Å². The average Bonchev–Trinajstić information content (AvgIpc) is 3.76. The Morgan fingerprint density at radius 1 is 0.328 bits per heavy atom. The Morgan fingerprint density at radius 2 is 0.828 bits per heavy atom. The number of hydrogen-bond donors (Lipinski definition) is 0. The lowest BCUT2D eigenvalue weighted by Crippen LogP contribution is -2.14. The van der Waals surface area contributed by atoms with Gasteiger partial charge in [0, 0.05) is 36.7 Å². The van der Waals surface area contributed by atoms with E-state index in [1.165, 1.54) is 91.4 Å². The summed E-state index contributed by atoms with van der Waals surface area (Å²) in [6.45, 7) is 4.68. The molecule has 2 heterocycles. The quantitative estimate of drug-likeness (QED) is 0.163. The highest BCUT2D eigenvalue weighted by atomic mass is 32.1. The minimum Gasteiger partial charge on any atom is -0.248 e. The van der Waals surface area contributed by atoms with Crippen LogP contribution in [0.2, 0.25) is 0 Å². The molecule has 1 nitrogen and oxygen atoms in total. The van der Waals surface area contributed by atoms with E-state index < -0.39 is 0 Å². The minimum atomic E-state index is -0.0445. The van der Waals surface area contributed by atoms with Gasteiger partial charge in [-0.15, -0.1) is 11.3 Å². The maximum absolute atomic E-state index is 5.46. The Morgan fingerprint density at radius 3 is 1.53 bits per heavy atom. The first-order valence-corrected chi connectivity index (χ1v) is 20.9. The summed E-state index contributed by atoms with van der Waals surface area (Å²) in [5.74, 6) is 0. The summed E-state index contributed by atoms with van der Waals surface area (Å²) >= 11 is 1.88. The Balaban J connectivity index is 1.03. The first kappa shape index (κ1) is 33.3. The van der Waals surface area contributed by atoms with E-state index in [0.29, 0.717) is 0 Å². The molecule has 0 unspecified atom stereocenters. The number of aromatic nitrogens is 1. The lowest BCUT2D eigenvalue weighted by Gasteiger charge is -2.21. The molecule has 0 saturated carbocycles. The number of fused-ring (bicyclic) bond motifs is 12. The molecule has 9 aromatic carbocycles. The van der Waals surface area contributed by atoms with Crippen molar-refractivity contribution in [2.75, 3.05) is 0 Å². The zero-order chi connectivity index (χ0) is 38.5. The van der Waals surface area contributed by atoms with Gasteiger partial charge in [-0.25, -0.2) is 4.98 Å². The Labute approximate surface area is 341 Å². The molecule has 1 aliphatic rings. The lowest BCUT2D eigenvalue weighted by atomic mass is 9.82. The van der Waals surface area contributed by atoms with E-state index in [2.05, 4.69) is 202 Å². The van der Waals surface area contributed by atoms with Crippen LogP contribution in [0.25, 0.3) is 108 Å². The summed E-state index contributed by atoms with van der Waals surface area (Å²) in [5, 5.41) is 10.4. The molecule has 0 aliphatic heterocycles. The van der Waals surface area contributed by atoms with Crippen LogP contribution >= 0.6 is 11.3 Å². The molecule has 1 aliphatic carbocycles. The third-order valence-electron chi connectivity index (χ3n) is 12.7. The van der Waals surface area contributed by atoms with Crippen LogP contribution in [0.3, 0.4) is 0 Å². The normalized spacial score (nSPS) is 13.1. The van der Waals surface area contributed by atoms with E-state index in [1.807, 2.05) is 11.3 Å². The first-order chi connectivity index (χ1) is 28.5. The van der Waals surface area contributed by atoms with E-state index in [1.54, 1.807) is 0 Å². The van der Waals surface area contributed by atoms with Crippen molar-refractivity contribution < 1.29 is 0 Å². The van der Waals surface area contributed by atoms with Crippen molar-refractivity contribution in [3.8, 4) is 55.9 Å². The molecule has 11 aromatic rings. The Hall–Kier alpha value is -6.87. The second-order valence-corrected chi connectivity index (χ2v) is 17.4. The van der Waals surface area contributed by atoms with Crippen molar-refractivity contribution >= 4 is 63.8 Å².